The third-order valence-electron chi connectivity index (χ3n) is 4.64. The van der Waals surface area contributed by atoms with Crippen LogP contribution in [0.15, 0.2) is 18.2 Å². The first-order valence-electron chi connectivity index (χ1n) is 8.62. The van der Waals surface area contributed by atoms with Crippen LogP contribution in [0.1, 0.15) is 39.2 Å². The van der Waals surface area contributed by atoms with Crippen LogP contribution in [0.2, 0.25) is 0 Å². The van der Waals surface area contributed by atoms with E-state index in [2.05, 4.69) is 5.32 Å². The summed E-state index contributed by atoms with van der Waals surface area (Å²) in [7, 11) is -3.62. The van der Waals surface area contributed by atoms with Crippen LogP contribution in [-0.4, -0.2) is 49.7 Å². The first-order valence-corrected chi connectivity index (χ1v) is 10.3. The molecular formula is C18H23NO7S. The van der Waals surface area contributed by atoms with Gasteiger partial charge in [-0.3, -0.25) is 0 Å². The van der Waals surface area contributed by atoms with Gasteiger partial charge in [0.05, 0.1) is 0 Å². The largest absolute Gasteiger partial charge is 0.454 e. The summed E-state index contributed by atoms with van der Waals surface area (Å²) in [5.74, 6) is 0.141. The maximum atomic E-state index is 12.6. The van der Waals surface area contributed by atoms with Crippen LogP contribution in [0.3, 0.4) is 0 Å². The summed E-state index contributed by atoms with van der Waals surface area (Å²) in [5, 5.41) is 1.43. The van der Waals surface area contributed by atoms with Gasteiger partial charge in [-0.05, 0) is 38.5 Å². The van der Waals surface area contributed by atoms with E-state index >= 15 is 0 Å². The van der Waals surface area contributed by atoms with E-state index in [-0.39, 0.29) is 12.5 Å². The molecule has 1 saturated carbocycles. The van der Waals surface area contributed by atoms with Crippen molar-refractivity contribution < 1.29 is 32.2 Å². The fourth-order valence-corrected chi connectivity index (χ4v) is 5.35. The van der Waals surface area contributed by atoms with Crippen LogP contribution in [0.25, 0.3) is 0 Å². The van der Waals surface area contributed by atoms with Gasteiger partial charge in [-0.15, -0.1) is 0 Å². The molecule has 148 valence electrons. The molecule has 3 atom stereocenters. The molecule has 0 radical (unpaired) electrons. The fraction of sp³-hybridized carbons (Fsp3) is 0.556. The van der Waals surface area contributed by atoms with E-state index in [1.807, 2.05) is 0 Å². The van der Waals surface area contributed by atoms with Gasteiger partial charge in [0.2, 0.25) is 6.79 Å². The van der Waals surface area contributed by atoms with E-state index in [4.69, 9.17) is 14.2 Å². The minimum Gasteiger partial charge on any atom is -0.454 e. The van der Waals surface area contributed by atoms with E-state index in [0.717, 1.165) is 0 Å². The Morgan fingerprint density at radius 1 is 1.33 bits per heavy atom. The lowest BCUT2D eigenvalue weighted by Gasteiger charge is -2.22. The number of alkyl carbamates (subject to hydrolysis) is 1. The van der Waals surface area contributed by atoms with Crippen LogP contribution < -0.4 is 14.8 Å². The number of hydrogen-bond donors (Lipinski definition) is 1. The molecule has 9 heteroatoms. The number of amides is 1. The highest BCUT2D eigenvalue weighted by Crippen LogP contribution is 2.56. The molecular weight excluding hydrogens is 374 g/mol. The first-order chi connectivity index (χ1) is 12.5. The van der Waals surface area contributed by atoms with Gasteiger partial charge in [0.1, 0.15) is 22.7 Å². The normalized spacial score (nSPS) is 26.4. The number of carbonyl (C=O) groups excluding carboxylic acids is 2. The van der Waals surface area contributed by atoms with Crippen LogP contribution >= 0.6 is 0 Å². The van der Waals surface area contributed by atoms with Gasteiger partial charge >= 0.3 is 6.09 Å². The summed E-state index contributed by atoms with van der Waals surface area (Å²) in [6.07, 6.45) is -0.349. The average Bonchev–Trinajstić information content (AvgIpc) is 3.00. The molecule has 0 saturated heterocycles. The molecule has 0 unspecified atom stereocenters. The average molecular weight is 397 g/mol. The number of fused-ring (bicyclic) bond motifs is 1. The highest BCUT2D eigenvalue weighted by molar-refractivity contribution is 7.92. The third-order valence-corrected chi connectivity index (χ3v) is 6.88. The van der Waals surface area contributed by atoms with Gasteiger partial charge in [-0.2, -0.15) is 0 Å². The zero-order valence-corrected chi connectivity index (χ0v) is 16.5. The number of aldehydes is 1. The predicted molar refractivity (Wildman–Crippen MR) is 96.7 cm³/mol. The SMILES string of the molecule is CCS(=O)(=O)[C@@H]1[C@@H](c2ccc3c(c2)OCO3)[C@]1(C=O)NC(=O)OC(C)(C)C. The van der Waals surface area contributed by atoms with Crippen LogP contribution in [0.4, 0.5) is 4.79 Å². The second-order valence-corrected chi connectivity index (χ2v) is 10.1. The lowest BCUT2D eigenvalue weighted by atomic mass is 10.1. The lowest BCUT2D eigenvalue weighted by Crippen LogP contribution is -2.45. The minimum absolute atomic E-state index is 0.0785. The van der Waals surface area contributed by atoms with Crippen molar-refractivity contribution in [1.29, 1.82) is 0 Å². The summed E-state index contributed by atoms with van der Waals surface area (Å²) in [4.78, 5) is 24.3. The van der Waals surface area contributed by atoms with E-state index in [1.54, 1.807) is 39.0 Å². The van der Waals surface area contributed by atoms with Crippen molar-refractivity contribution in [3.05, 3.63) is 23.8 Å². The van der Waals surface area contributed by atoms with Crippen molar-refractivity contribution in [3.8, 4) is 11.5 Å². The summed E-state index contributed by atoms with van der Waals surface area (Å²) in [5.41, 5.74) is -1.79. The van der Waals surface area contributed by atoms with Gasteiger partial charge in [0, 0.05) is 11.7 Å². The smallest absolute Gasteiger partial charge is 0.408 e. The van der Waals surface area contributed by atoms with Crippen molar-refractivity contribution in [3.63, 3.8) is 0 Å². The third kappa shape index (κ3) is 3.47. The van der Waals surface area contributed by atoms with Gasteiger partial charge in [0.15, 0.2) is 21.3 Å². The molecule has 8 nitrogen and oxygen atoms in total. The van der Waals surface area contributed by atoms with Gasteiger partial charge in [-0.25, -0.2) is 13.2 Å². The van der Waals surface area contributed by atoms with Gasteiger partial charge in [0.25, 0.3) is 0 Å². The van der Waals surface area contributed by atoms with Crippen molar-refractivity contribution in [2.45, 2.75) is 50.0 Å². The second kappa shape index (κ2) is 6.40. The zero-order chi connectivity index (χ0) is 20.0. The first kappa shape index (κ1) is 19.5. The Labute approximate surface area is 158 Å². The number of hydrogen-bond acceptors (Lipinski definition) is 7. The molecule has 0 spiro atoms. The quantitative estimate of drug-likeness (QED) is 0.755. The second-order valence-electron chi connectivity index (χ2n) is 7.64. The summed E-state index contributed by atoms with van der Waals surface area (Å²) < 4.78 is 41.1. The highest BCUT2D eigenvalue weighted by Gasteiger charge is 2.72. The molecule has 1 aliphatic carbocycles. The number of ether oxygens (including phenoxy) is 3. The number of carbonyl (C=O) groups is 2. The highest BCUT2D eigenvalue weighted by atomic mass is 32.2. The molecule has 1 amide bonds. The molecule has 1 heterocycles. The standard InChI is InChI=1S/C18H23NO7S/c1-5-27(22,23)15-14(11-6-7-12-13(8-11)25-10-24-12)18(15,9-20)19-16(21)26-17(2,3)4/h6-9,14-15H,5,10H2,1-4H3,(H,19,21)/t14-,15-,18+/m1/s1. The fourth-order valence-electron chi connectivity index (χ4n) is 3.41. The Morgan fingerprint density at radius 2 is 2.00 bits per heavy atom. The Balaban J connectivity index is 1.97. The van der Waals surface area contributed by atoms with E-state index in [1.165, 1.54) is 6.92 Å². The molecule has 1 aromatic rings. The molecule has 1 aliphatic heterocycles. The molecule has 0 aromatic heterocycles. The Kier molecular flexibility index (Phi) is 4.62. The zero-order valence-electron chi connectivity index (χ0n) is 15.6. The molecule has 1 N–H and O–H groups in total. The van der Waals surface area contributed by atoms with Crippen LogP contribution in [0, 0.1) is 0 Å². The topological polar surface area (TPSA) is 108 Å². The Bertz CT molecular complexity index is 874. The van der Waals surface area contributed by atoms with E-state index < -0.39 is 38.2 Å². The maximum Gasteiger partial charge on any atom is 0.408 e. The Hall–Kier alpha value is -2.29. The van der Waals surface area contributed by atoms with Crippen molar-refractivity contribution in [2.75, 3.05) is 12.5 Å². The van der Waals surface area contributed by atoms with Crippen molar-refractivity contribution in [1.82, 2.24) is 5.32 Å². The van der Waals surface area contributed by atoms with Crippen molar-refractivity contribution >= 4 is 22.2 Å². The van der Waals surface area contributed by atoms with Crippen molar-refractivity contribution in [2.24, 2.45) is 0 Å². The number of sulfone groups is 1. The minimum atomic E-state index is -3.62. The molecule has 3 rings (SSSR count). The Morgan fingerprint density at radius 3 is 2.59 bits per heavy atom. The number of nitrogens with one attached hydrogen (secondary N) is 1. The van der Waals surface area contributed by atoms with E-state index in [9.17, 15) is 18.0 Å². The number of rotatable bonds is 5. The summed E-state index contributed by atoms with van der Waals surface area (Å²) in [6.45, 7) is 6.64. The van der Waals surface area contributed by atoms with Crippen LogP contribution in [0.5, 0.6) is 11.5 Å². The van der Waals surface area contributed by atoms with Gasteiger partial charge in [-0.1, -0.05) is 13.0 Å². The predicted octanol–water partition coefficient (Wildman–Crippen LogP) is 1.78. The lowest BCUT2D eigenvalue weighted by molar-refractivity contribution is -0.110. The maximum absolute atomic E-state index is 12.6. The van der Waals surface area contributed by atoms with Gasteiger partial charge < -0.3 is 24.3 Å². The molecule has 1 fully saturated rings. The summed E-state index contributed by atoms with van der Waals surface area (Å²) in [6, 6.07) is 4.99. The molecule has 0 bridgehead atoms. The summed E-state index contributed by atoms with van der Waals surface area (Å²) >= 11 is 0. The molecule has 1 aromatic carbocycles. The van der Waals surface area contributed by atoms with E-state index in [0.29, 0.717) is 23.3 Å². The molecule has 2 aliphatic rings. The number of benzene rings is 1. The molecule has 27 heavy (non-hydrogen) atoms. The van der Waals surface area contributed by atoms with Crippen LogP contribution in [-0.2, 0) is 19.4 Å². The monoisotopic (exact) mass is 397 g/mol.